The van der Waals surface area contributed by atoms with Gasteiger partial charge in [-0.25, -0.2) is 0 Å². The second-order valence-electron chi connectivity index (χ2n) is 7.65. The normalized spacial score (nSPS) is 15.4. The molecular formula is C23H23NO2S3. The van der Waals surface area contributed by atoms with Crippen LogP contribution in [0.5, 0.6) is 5.75 Å². The second-order valence-corrected chi connectivity index (χ2v) is 10.5. The molecule has 1 aliphatic heterocycles. The van der Waals surface area contributed by atoms with E-state index in [9.17, 15) is 4.79 Å². The molecule has 0 aliphatic carbocycles. The minimum absolute atomic E-state index is 0.116. The zero-order valence-corrected chi connectivity index (χ0v) is 19.3. The maximum Gasteiger partial charge on any atom is 0.235 e. The SMILES string of the molecule is CC[C@H](C(=O)N1c2ccc(OC)cc2-c2c(ssc2=S)C1(C)C)c1ccccc1. The van der Waals surface area contributed by atoms with E-state index in [2.05, 4.69) is 20.8 Å². The third kappa shape index (κ3) is 3.23. The number of benzene rings is 2. The molecule has 2 heterocycles. The molecule has 1 aliphatic rings. The quantitative estimate of drug-likeness (QED) is 0.323. The molecule has 0 bridgehead atoms. The van der Waals surface area contributed by atoms with Crippen molar-refractivity contribution >= 4 is 44.5 Å². The summed E-state index contributed by atoms with van der Waals surface area (Å²) in [5.74, 6) is 0.686. The number of carbonyl (C=O) groups is 1. The molecule has 0 radical (unpaired) electrons. The number of methoxy groups -OCH3 is 1. The molecule has 0 unspecified atom stereocenters. The fraction of sp³-hybridized carbons (Fsp3) is 0.304. The zero-order chi connectivity index (χ0) is 20.8. The van der Waals surface area contributed by atoms with Crippen molar-refractivity contribution < 1.29 is 9.53 Å². The van der Waals surface area contributed by atoms with Crippen LogP contribution >= 0.6 is 32.9 Å². The van der Waals surface area contributed by atoms with Gasteiger partial charge in [0.2, 0.25) is 5.91 Å². The number of carbonyl (C=O) groups excluding carboxylic acids is 1. The Balaban J connectivity index is 1.92. The highest BCUT2D eigenvalue weighted by Crippen LogP contribution is 2.53. The minimum Gasteiger partial charge on any atom is -0.497 e. The highest BCUT2D eigenvalue weighted by molar-refractivity contribution is 7.80. The van der Waals surface area contributed by atoms with E-state index in [1.165, 1.54) is 0 Å². The maximum atomic E-state index is 14.0. The van der Waals surface area contributed by atoms with Crippen LogP contribution in [0.1, 0.15) is 43.6 Å². The highest BCUT2D eigenvalue weighted by Gasteiger charge is 2.44. The van der Waals surface area contributed by atoms with Crippen molar-refractivity contribution in [1.29, 1.82) is 0 Å². The third-order valence-electron chi connectivity index (χ3n) is 5.59. The van der Waals surface area contributed by atoms with Crippen molar-refractivity contribution in [2.24, 2.45) is 0 Å². The Morgan fingerprint density at radius 2 is 1.90 bits per heavy atom. The van der Waals surface area contributed by atoms with Crippen molar-refractivity contribution in [3.05, 3.63) is 62.8 Å². The van der Waals surface area contributed by atoms with Crippen molar-refractivity contribution in [2.75, 3.05) is 12.0 Å². The Labute approximate surface area is 184 Å². The van der Waals surface area contributed by atoms with E-state index in [1.54, 1.807) is 27.8 Å². The lowest BCUT2D eigenvalue weighted by Crippen LogP contribution is -2.49. The standard InChI is InChI=1S/C23H23NO2S3/c1-5-16(14-9-7-6-8-10-14)21(25)24-18-12-11-15(26-4)13-17(18)19-20(23(24,2)3)28-29-22(19)27/h6-13,16H,5H2,1-4H3/t16-/m0/s1. The molecule has 1 amide bonds. The third-order valence-corrected chi connectivity index (χ3v) is 8.92. The summed E-state index contributed by atoms with van der Waals surface area (Å²) in [6, 6.07) is 16.0. The Kier molecular flexibility index (Phi) is 5.36. The van der Waals surface area contributed by atoms with Crippen LogP contribution in [0.3, 0.4) is 0 Å². The Hall–Kier alpha value is -2.02. The van der Waals surface area contributed by atoms with Crippen molar-refractivity contribution in [3.63, 3.8) is 0 Å². The van der Waals surface area contributed by atoms with E-state index in [-0.39, 0.29) is 11.8 Å². The summed E-state index contributed by atoms with van der Waals surface area (Å²) in [6.45, 7) is 6.31. The Morgan fingerprint density at radius 1 is 1.17 bits per heavy atom. The molecule has 0 saturated heterocycles. The molecule has 0 fully saturated rings. The van der Waals surface area contributed by atoms with Gasteiger partial charge in [0.15, 0.2) is 0 Å². The molecule has 3 aromatic rings. The smallest absolute Gasteiger partial charge is 0.235 e. The topological polar surface area (TPSA) is 29.5 Å². The zero-order valence-electron chi connectivity index (χ0n) is 16.9. The summed E-state index contributed by atoms with van der Waals surface area (Å²) in [7, 11) is 4.93. The first-order valence-corrected chi connectivity index (χ1v) is 12.2. The average molecular weight is 442 g/mol. The van der Waals surface area contributed by atoms with Crippen LogP contribution < -0.4 is 9.64 Å². The number of hydrogen-bond donors (Lipinski definition) is 0. The molecule has 2 aromatic carbocycles. The fourth-order valence-corrected chi connectivity index (χ4v) is 7.41. The number of rotatable bonds is 4. The number of hydrogen-bond acceptors (Lipinski definition) is 5. The fourth-order valence-electron chi connectivity index (χ4n) is 4.12. The summed E-state index contributed by atoms with van der Waals surface area (Å²) >= 11 is 5.67. The second kappa shape index (κ2) is 7.67. The van der Waals surface area contributed by atoms with E-state index in [0.29, 0.717) is 0 Å². The minimum atomic E-state index is -0.478. The van der Waals surface area contributed by atoms with Gasteiger partial charge in [0.05, 0.1) is 29.1 Å². The number of fused-ring (bicyclic) bond motifs is 3. The molecule has 29 heavy (non-hydrogen) atoms. The van der Waals surface area contributed by atoms with Gasteiger partial charge < -0.3 is 9.64 Å². The van der Waals surface area contributed by atoms with Gasteiger partial charge in [0.1, 0.15) is 9.57 Å². The van der Waals surface area contributed by atoms with Gasteiger partial charge in [-0.2, -0.15) is 0 Å². The van der Waals surface area contributed by atoms with E-state index in [1.807, 2.05) is 53.4 Å². The largest absolute Gasteiger partial charge is 0.497 e. The Bertz CT molecular complexity index is 1110. The number of anilines is 1. The molecule has 0 spiro atoms. The van der Waals surface area contributed by atoms with E-state index >= 15 is 0 Å². The lowest BCUT2D eigenvalue weighted by Gasteiger charge is -2.44. The predicted molar refractivity (Wildman–Crippen MR) is 125 cm³/mol. The molecule has 1 aromatic heterocycles. The first kappa shape index (κ1) is 20.3. The van der Waals surface area contributed by atoms with Gasteiger partial charge in [-0.15, -0.1) is 0 Å². The van der Waals surface area contributed by atoms with Crippen LogP contribution in [0.15, 0.2) is 48.5 Å². The van der Waals surface area contributed by atoms with Crippen molar-refractivity contribution in [1.82, 2.24) is 0 Å². The Morgan fingerprint density at radius 3 is 2.55 bits per heavy atom. The van der Waals surface area contributed by atoms with E-state index in [0.717, 1.165) is 43.2 Å². The molecule has 150 valence electrons. The molecule has 1 atom stereocenters. The first-order valence-electron chi connectivity index (χ1n) is 9.61. The van der Waals surface area contributed by atoms with Crippen LogP contribution in [-0.4, -0.2) is 13.0 Å². The average Bonchev–Trinajstić information content (AvgIpc) is 3.12. The van der Waals surface area contributed by atoms with Crippen LogP contribution in [0, 0.1) is 3.82 Å². The molecule has 6 heteroatoms. The van der Waals surface area contributed by atoms with Crippen molar-refractivity contribution in [2.45, 2.75) is 38.6 Å². The lowest BCUT2D eigenvalue weighted by molar-refractivity contribution is -0.121. The number of ether oxygens (including phenoxy) is 1. The highest BCUT2D eigenvalue weighted by atomic mass is 32.9. The van der Waals surface area contributed by atoms with Crippen LogP contribution in [0.25, 0.3) is 11.1 Å². The summed E-state index contributed by atoms with van der Waals surface area (Å²) in [5, 5.41) is 0. The predicted octanol–water partition coefficient (Wildman–Crippen LogP) is 6.99. The van der Waals surface area contributed by atoms with E-state index < -0.39 is 5.54 Å². The molecule has 0 saturated carbocycles. The molecule has 4 rings (SSSR count). The lowest BCUT2D eigenvalue weighted by atomic mass is 9.84. The van der Waals surface area contributed by atoms with Gasteiger partial charge in [-0.05, 0) is 44.0 Å². The van der Waals surface area contributed by atoms with Crippen molar-refractivity contribution in [3.8, 4) is 16.9 Å². The van der Waals surface area contributed by atoms with Crippen LogP contribution in [0.4, 0.5) is 5.69 Å². The first-order chi connectivity index (χ1) is 13.9. The van der Waals surface area contributed by atoms with Gasteiger partial charge in [0.25, 0.3) is 0 Å². The monoisotopic (exact) mass is 441 g/mol. The summed E-state index contributed by atoms with van der Waals surface area (Å²) in [5.41, 5.74) is 3.53. The summed E-state index contributed by atoms with van der Waals surface area (Å²) in [6.07, 6.45) is 0.743. The molecule has 3 nitrogen and oxygen atoms in total. The van der Waals surface area contributed by atoms with Crippen LogP contribution in [0.2, 0.25) is 0 Å². The van der Waals surface area contributed by atoms with Gasteiger partial charge in [-0.1, -0.05) is 70.2 Å². The number of nitrogens with zero attached hydrogens (tertiary/aromatic N) is 1. The summed E-state index contributed by atoms with van der Waals surface area (Å²) < 4.78 is 6.34. The molecule has 0 N–H and O–H groups in total. The maximum absolute atomic E-state index is 14.0. The van der Waals surface area contributed by atoms with Gasteiger partial charge in [0, 0.05) is 11.1 Å². The molecular weight excluding hydrogens is 418 g/mol. The van der Waals surface area contributed by atoms with E-state index in [4.69, 9.17) is 17.0 Å². The number of amides is 1. The summed E-state index contributed by atoms with van der Waals surface area (Å²) in [4.78, 5) is 17.1. The van der Waals surface area contributed by atoms with Crippen LogP contribution in [-0.2, 0) is 10.3 Å². The van der Waals surface area contributed by atoms with Gasteiger partial charge >= 0.3 is 0 Å². The van der Waals surface area contributed by atoms with Gasteiger partial charge in [-0.3, -0.25) is 4.79 Å².